The van der Waals surface area contributed by atoms with Crippen molar-refractivity contribution in [3.63, 3.8) is 0 Å². The minimum Gasteiger partial charge on any atom is -0.437 e. The van der Waals surface area contributed by atoms with Crippen LogP contribution in [0.3, 0.4) is 0 Å². The molecular formula is C12H7Br2F3N2O. The molecule has 0 saturated carbocycles. The van der Waals surface area contributed by atoms with Crippen LogP contribution in [0, 0.1) is 0 Å². The van der Waals surface area contributed by atoms with Gasteiger partial charge in [-0.1, -0.05) is 0 Å². The second-order valence-corrected chi connectivity index (χ2v) is 5.57. The summed E-state index contributed by atoms with van der Waals surface area (Å²) in [4.78, 5) is 3.90. The fourth-order valence-electron chi connectivity index (χ4n) is 1.44. The summed E-state index contributed by atoms with van der Waals surface area (Å²) in [5.41, 5.74) is 4.44. The quantitative estimate of drug-likeness (QED) is 0.707. The standard InChI is InChI=1S/C12H7Br2F3N2O/c13-6-3-9(14)11(19-5-6)20-10-2-1-7(18)4-8(10)12(15,16)17/h1-5H,18H2. The Hall–Kier alpha value is -1.28. The summed E-state index contributed by atoms with van der Waals surface area (Å²) in [5.74, 6) is -0.328. The number of hydrogen-bond acceptors (Lipinski definition) is 3. The van der Waals surface area contributed by atoms with E-state index in [9.17, 15) is 13.2 Å². The van der Waals surface area contributed by atoms with Gasteiger partial charge in [-0.15, -0.1) is 0 Å². The van der Waals surface area contributed by atoms with E-state index in [1.54, 1.807) is 6.07 Å². The number of rotatable bonds is 2. The second-order valence-electron chi connectivity index (χ2n) is 3.80. The topological polar surface area (TPSA) is 48.1 Å². The van der Waals surface area contributed by atoms with Crippen molar-refractivity contribution < 1.29 is 17.9 Å². The van der Waals surface area contributed by atoms with Crippen molar-refractivity contribution >= 4 is 37.5 Å². The van der Waals surface area contributed by atoms with Gasteiger partial charge >= 0.3 is 6.18 Å². The highest BCUT2D eigenvalue weighted by Gasteiger charge is 2.35. The van der Waals surface area contributed by atoms with Gasteiger partial charge in [0.15, 0.2) is 0 Å². The molecule has 2 rings (SSSR count). The summed E-state index contributed by atoms with van der Waals surface area (Å²) in [6, 6.07) is 4.93. The summed E-state index contributed by atoms with van der Waals surface area (Å²) < 4.78 is 45.1. The SMILES string of the molecule is Nc1ccc(Oc2ncc(Br)cc2Br)c(C(F)(F)F)c1. The summed E-state index contributed by atoms with van der Waals surface area (Å²) in [6.45, 7) is 0. The Kier molecular flexibility index (Phi) is 4.24. The number of halogens is 5. The third-order valence-electron chi connectivity index (χ3n) is 2.29. The monoisotopic (exact) mass is 410 g/mol. The Morgan fingerprint density at radius 3 is 2.45 bits per heavy atom. The first-order valence-electron chi connectivity index (χ1n) is 5.23. The molecule has 0 bridgehead atoms. The Labute approximate surface area is 129 Å². The predicted octanol–water partition coefficient (Wildman–Crippen LogP) is 5.00. The van der Waals surface area contributed by atoms with Crippen LogP contribution in [0.1, 0.15) is 5.56 Å². The van der Waals surface area contributed by atoms with Crippen LogP contribution in [0.5, 0.6) is 11.6 Å². The average molecular weight is 412 g/mol. The van der Waals surface area contributed by atoms with Gasteiger partial charge in [0, 0.05) is 16.4 Å². The van der Waals surface area contributed by atoms with Crippen molar-refractivity contribution in [2.75, 3.05) is 5.73 Å². The van der Waals surface area contributed by atoms with Crippen LogP contribution < -0.4 is 10.5 Å². The second kappa shape index (κ2) is 5.61. The fraction of sp³-hybridized carbons (Fsp3) is 0.0833. The molecule has 8 heteroatoms. The van der Waals surface area contributed by atoms with E-state index in [0.717, 1.165) is 12.1 Å². The molecule has 0 unspecified atom stereocenters. The van der Waals surface area contributed by atoms with Gasteiger partial charge in [0.2, 0.25) is 5.88 Å². The van der Waals surface area contributed by atoms with Gasteiger partial charge in [-0.2, -0.15) is 13.2 Å². The number of nitrogen functional groups attached to an aromatic ring is 1. The van der Waals surface area contributed by atoms with Crippen LogP contribution in [0.15, 0.2) is 39.4 Å². The van der Waals surface area contributed by atoms with E-state index in [-0.39, 0.29) is 17.3 Å². The molecule has 3 nitrogen and oxygen atoms in total. The van der Waals surface area contributed by atoms with Crippen LogP contribution in [0.4, 0.5) is 18.9 Å². The van der Waals surface area contributed by atoms with Crippen molar-refractivity contribution in [3.8, 4) is 11.6 Å². The van der Waals surface area contributed by atoms with Crippen LogP contribution >= 0.6 is 31.9 Å². The average Bonchev–Trinajstić information content (AvgIpc) is 2.33. The molecule has 2 aromatic rings. The van der Waals surface area contributed by atoms with Crippen LogP contribution in [-0.4, -0.2) is 4.98 Å². The van der Waals surface area contributed by atoms with Gasteiger partial charge in [0.05, 0.1) is 4.47 Å². The van der Waals surface area contributed by atoms with E-state index in [2.05, 4.69) is 36.8 Å². The van der Waals surface area contributed by atoms with Crippen molar-refractivity contribution in [1.29, 1.82) is 0 Å². The first kappa shape index (κ1) is 15.1. The third kappa shape index (κ3) is 3.43. The first-order chi connectivity index (χ1) is 9.27. The van der Waals surface area contributed by atoms with Crippen molar-refractivity contribution in [2.45, 2.75) is 6.18 Å². The Balaban J connectivity index is 2.43. The van der Waals surface area contributed by atoms with E-state index in [1.807, 2.05) is 0 Å². The molecule has 1 aromatic heterocycles. The molecule has 0 aliphatic carbocycles. The van der Waals surface area contributed by atoms with Gasteiger partial charge in [0.1, 0.15) is 11.3 Å². The molecule has 0 saturated heterocycles. The van der Waals surface area contributed by atoms with E-state index >= 15 is 0 Å². The third-order valence-corrected chi connectivity index (χ3v) is 3.29. The van der Waals surface area contributed by atoms with Crippen molar-refractivity contribution in [3.05, 3.63) is 45.0 Å². The minimum absolute atomic E-state index is 0.00695. The Morgan fingerprint density at radius 2 is 1.85 bits per heavy atom. The molecule has 0 aliphatic heterocycles. The van der Waals surface area contributed by atoms with Gasteiger partial charge in [-0.05, 0) is 56.1 Å². The fourth-order valence-corrected chi connectivity index (χ4v) is 2.51. The maximum absolute atomic E-state index is 12.9. The molecule has 0 atom stereocenters. The number of ether oxygens (including phenoxy) is 1. The summed E-state index contributed by atoms with van der Waals surface area (Å²) in [5, 5.41) is 0. The Morgan fingerprint density at radius 1 is 1.15 bits per heavy atom. The zero-order chi connectivity index (χ0) is 14.9. The lowest BCUT2D eigenvalue weighted by molar-refractivity contribution is -0.138. The number of hydrogen-bond donors (Lipinski definition) is 1. The molecule has 0 amide bonds. The molecule has 20 heavy (non-hydrogen) atoms. The first-order valence-corrected chi connectivity index (χ1v) is 6.81. The molecule has 1 heterocycles. The maximum atomic E-state index is 12.9. The summed E-state index contributed by atoms with van der Waals surface area (Å²) >= 11 is 6.36. The number of pyridine rings is 1. The lowest BCUT2D eigenvalue weighted by Crippen LogP contribution is -2.08. The van der Waals surface area contributed by atoms with E-state index < -0.39 is 11.7 Å². The summed E-state index contributed by atoms with van der Waals surface area (Å²) in [6.07, 6.45) is -3.14. The van der Waals surface area contributed by atoms with Gasteiger partial charge in [-0.3, -0.25) is 0 Å². The minimum atomic E-state index is -4.56. The largest absolute Gasteiger partial charge is 0.437 e. The number of benzene rings is 1. The van der Waals surface area contributed by atoms with E-state index in [1.165, 1.54) is 12.3 Å². The lowest BCUT2D eigenvalue weighted by Gasteiger charge is -2.14. The zero-order valence-electron chi connectivity index (χ0n) is 9.71. The smallest absolute Gasteiger partial charge is 0.420 e. The van der Waals surface area contributed by atoms with Gasteiger partial charge in [-0.25, -0.2) is 4.98 Å². The Bertz CT molecular complexity index is 647. The zero-order valence-corrected chi connectivity index (χ0v) is 12.9. The van der Waals surface area contributed by atoms with Crippen LogP contribution in [0.2, 0.25) is 0 Å². The predicted molar refractivity (Wildman–Crippen MR) is 75.6 cm³/mol. The van der Waals surface area contributed by atoms with Gasteiger partial charge in [0.25, 0.3) is 0 Å². The summed E-state index contributed by atoms with van der Waals surface area (Å²) in [7, 11) is 0. The molecule has 106 valence electrons. The van der Waals surface area contributed by atoms with Crippen LogP contribution in [0.25, 0.3) is 0 Å². The van der Waals surface area contributed by atoms with Crippen molar-refractivity contribution in [1.82, 2.24) is 4.98 Å². The molecule has 0 spiro atoms. The van der Waals surface area contributed by atoms with E-state index in [4.69, 9.17) is 10.5 Å². The number of nitrogens with two attached hydrogens (primary N) is 1. The van der Waals surface area contributed by atoms with Crippen molar-refractivity contribution in [2.24, 2.45) is 0 Å². The normalized spacial score (nSPS) is 11.4. The number of aromatic nitrogens is 1. The molecule has 0 radical (unpaired) electrons. The highest BCUT2D eigenvalue weighted by atomic mass is 79.9. The molecule has 0 aliphatic rings. The van der Waals surface area contributed by atoms with E-state index in [0.29, 0.717) is 8.95 Å². The molecule has 2 N–H and O–H groups in total. The van der Waals surface area contributed by atoms with Gasteiger partial charge < -0.3 is 10.5 Å². The molecular weight excluding hydrogens is 405 g/mol. The van der Waals surface area contributed by atoms with Crippen LogP contribution in [-0.2, 0) is 6.18 Å². The molecule has 0 fully saturated rings. The molecule has 1 aromatic carbocycles. The maximum Gasteiger partial charge on any atom is 0.420 e. The number of nitrogens with zero attached hydrogens (tertiary/aromatic N) is 1. The highest BCUT2D eigenvalue weighted by Crippen LogP contribution is 2.40. The lowest BCUT2D eigenvalue weighted by atomic mass is 10.1. The number of alkyl halides is 3. The number of anilines is 1. The highest BCUT2D eigenvalue weighted by molar-refractivity contribution is 9.11.